The van der Waals surface area contributed by atoms with Crippen molar-refractivity contribution in [2.75, 3.05) is 32.7 Å². The van der Waals surface area contributed by atoms with Gasteiger partial charge in [0.1, 0.15) is 0 Å². The predicted molar refractivity (Wildman–Crippen MR) is 75.6 cm³/mol. The number of nitrogens with zero attached hydrogens (tertiary/aromatic N) is 2. The van der Waals surface area contributed by atoms with Crippen molar-refractivity contribution in [1.82, 2.24) is 15.1 Å². The van der Waals surface area contributed by atoms with E-state index in [1.165, 1.54) is 0 Å². The zero-order chi connectivity index (χ0) is 14.8. The van der Waals surface area contributed by atoms with Crippen LogP contribution < -0.4 is 5.32 Å². The first-order chi connectivity index (χ1) is 9.48. The Labute approximate surface area is 120 Å². The smallest absolute Gasteiger partial charge is 0.317 e. The molecule has 6 heteroatoms. The molecule has 0 aromatic carbocycles. The van der Waals surface area contributed by atoms with E-state index in [2.05, 4.69) is 24.1 Å². The second-order valence-corrected chi connectivity index (χ2v) is 6.02. The van der Waals surface area contributed by atoms with Crippen LogP contribution in [-0.4, -0.2) is 65.7 Å². The molecule has 114 valence electrons. The first-order valence-electron chi connectivity index (χ1n) is 7.49. The third-order valence-electron chi connectivity index (χ3n) is 4.80. The number of rotatable bonds is 4. The molecule has 2 rings (SSSR count). The zero-order valence-corrected chi connectivity index (χ0v) is 12.4. The SMILES string of the molecule is CCN1CCN(C(=O)NCC2(C(=O)O)CCC2)CC1C. The lowest BCUT2D eigenvalue weighted by molar-refractivity contribution is -0.153. The Balaban J connectivity index is 1.82. The molecule has 0 aromatic rings. The Morgan fingerprint density at radius 2 is 2.05 bits per heavy atom. The topological polar surface area (TPSA) is 72.9 Å². The second kappa shape index (κ2) is 5.99. The van der Waals surface area contributed by atoms with E-state index in [1.54, 1.807) is 4.90 Å². The number of carbonyl (C=O) groups excluding carboxylic acids is 1. The van der Waals surface area contributed by atoms with E-state index in [9.17, 15) is 14.7 Å². The molecule has 2 amide bonds. The maximum Gasteiger partial charge on any atom is 0.317 e. The van der Waals surface area contributed by atoms with Gasteiger partial charge in [0.15, 0.2) is 0 Å². The molecule has 1 saturated carbocycles. The van der Waals surface area contributed by atoms with Gasteiger partial charge in [0.25, 0.3) is 0 Å². The summed E-state index contributed by atoms with van der Waals surface area (Å²) in [5.74, 6) is -0.784. The van der Waals surface area contributed by atoms with E-state index < -0.39 is 11.4 Å². The summed E-state index contributed by atoms with van der Waals surface area (Å²) in [6, 6.07) is 0.233. The van der Waals surface area contributed by atoms with Gasteiger partial charge in [-0.3, -0.25) is 9.69 Å². The number of aliphatic carboxylic acids is 1. The highest BCUT2D eigenvalue weighted by Crippen LogP contribution is 2.40. The summed E-state index contributed by atoms with van der Waals surface area (Å²) in [5, 5.41) is 12.1. The molecule has 6 nitrogen and oxygen atoms in total. The van der Waals surface area contributed by atoms with Crippen LogP contribution >= 0.6 is 0 Å². The molecule has 1 saturated heterocycles. The maximum absolute atomic E-state index is 12.2. The molecule has 1 aliphatic carbocycles. The van der Waals surface area contributed by atoms with Crippen LogP contribution in [0.1, 0.15) is 33.1 Å². The van der Waals surface area contributed by atoms with Crippen molar-refractivity contribution >= 4 is 12.0 Å². The highest BCUT2D eigenvalue weighted by molar-refractivity contribution is 5.79. The lowest BCUT2D eigenvalue weighted by Gasteiger charge is -2.41. The minimum Gasteiger partial charge on any atom is -0.481 e. The maximum atomic E-state index is 12.2. The van der Waals surface area contributed by atoms with Crippen LogP contribution in [0, 0.1) is 5.41 Å². The fourth-order valence-electron chi connectivity index (χ4n) is 3.08. The number of likely N-dealkylation sites (N-methyl/N-ethyl adjacent to an activating group) is 1. The Morgan fingerprint density at radius 3 is 2.50 bits per heavy atom. The van der Waals surface area contributed by atoms with Crippen molar-refractivity contribution in [3.05, 3.63) is 0 Å². The number of carbonyl (C=O) groups is 2. The molecule has 2 aliphatic rings. The summed E-state index contributed by atoms with van der Waals surface area (Å²) in [6.45, 7) is 7.80. The van der Waals surface area contributed by atoms with E-state index in [1.807, 2.05) is 0 Å². The van der Waals surface area contributed by atoms with Gasteiger partial charge in [0.2, 0.25) is 0 Å². The van der Waals surface area contributed by atoms with Gasteiger partial charge in [0.05, 0.1) is 5.41 Å². The third-order valence-corrected chi connectivity index (χ3v) is 4.80. The van der Waals surface area contributed by atoms with Crippen LogP contribution in [0.3, 0.4) is 0 Å². The second-order valence-electron chi connectivity index (χ2n) is 6.02. The summed E-state index contributed by atoms with van der Waals surface area (Å²) < 4.78 is 0. The number of hydrogen-bond donors (Lipinski definition) is 2. The number of urea groups is 1. The summed E-state index contributed by atoms with van der Waals surface area (Å²) in [5.41, 5.74) is -0.716. The number of hydrogen-bond acceptors (Lipinski definition) is 3. The fourth-order valence-corrected chi connectivity index (χ4v) is 3.08. The van der Waals surface area contributed by atoms with Crippen molar-refractivity contribution in [3.63, 3.8) is 0 Å². The standard InChI is InChI=1S/C14H25N3O3/c1-3-16-7-8-17(9-11(16)2)13(20)15-10-14(12(18)19)5-4-6-14/h11H,3-10H2,1-2H3,(H,15,20)(H,18,19). The average Bonchev–Trinajstić information content (AvgIpc) is 2.36. The molecular weight excluding hydrogens is 258 g/mol. The third kappa shape index (κ3) is 2.90. The molecule has 2 fully saturated rings. The Kier molecular flexibility index (Phi) is 4.52. The molecule has 1 aliphatic heterocycles. The van der Waals surface area contributed by atoms with Crippen LogP contribution in [0.2, 0.25) is 0 Å². The van der Waals surface area contributed by atoms with Gasteiger partial charge in [0, 0.05) is 32.2 Å². The molecule has 0 aromatic heterocycles. The van der Waals surface area contributed by atoms with Gasteiger partial charge < -0.3 is 15.3 Å². The van der Waals surface area contributed by atoms with Crippen molar-refractivity contribution in [2.24, 2.45) is 5.41 Å². The van der Waals surface area contributed by atoms with Crippen LogP contribution in [-0.2, 0) is 4.79 Å². The largest absolute Gasteiger partial charge is 0.481 e. The summed E-state index contributed by atoms with van der Waals surface area (Å²) >= 11 is 0. The van der Waals surface area contributed by atoms with Gasteiger partial charge in [-0.2, -0.15) is 0 Å². The summed E-state index contributed by atoms with van der Waals surface area (Å²) in [6.07, 6.45) is 2.28. The minimum absolute atomic E-state index is 0.125. The Morgan fingerprint density at radius 1 is 1.35 bits per heavy atom. The highest BCUT2D eigenvalue weighted by Gasteiger charge is 2.44. The van der Waals surface area contributed by atoms with Gasteiger partial charge in [-0.1, -0.05) is 13.3 Å². The molecule has 2 N–H and O–H groups in total. The summed E-state index contributed by atoms with van der Waals surface area (Å²) in [4.78, 5) is 27.5. The fraction of sp³-hybridized carbons (Fsp3) is 0.857. The normalized spacial score (nSPS) is 25.9. The van der Waals surface area contributed by atoms with E-state index in [0.717, 1.165) is 19.5 Å². The first-order valence-corrected chi connectivity index (χ1v) is 7.49. The lowest BCUT2D eigenvalue weighted by atomic mass is 9.69. The van der Waals surface area contributed by atoms with Crippen molar-refractivity contribution in [3.8, 4) is 0 Å². The quantitative estimate of drug-likeness (QED) is 0.806. The number of carboxylic acids is 1. The number of amides is 2. The van der Waals surface area contributed by atoms with Crippen molar-refractivity contribution < 1.29 is 14.7 Å². The average molecular weight is 283 g/mol. The molecule has 20 heavy (non-hydrogen) atoms. The minimum atomic E-state index is -0.784. The highest BCUT2D eigenvalue weighted by atomic mass is 16.4. The van der Waals surface area contributed by atoms with Crippen LogP contribution in [0.25, 0.3) is 0 Å². The van der Waals surface area contributed by atoms with E-state index in [4.69, 9.17) is 0 Å². The summed E-state index contributed by atoms with van der Waals surface area (Å²) in [7, 11) is 0. The molecule has 0 radical (unpaired) electrons. The van der Waals surface area contributed by atoms with Gasteiger partial charge >= 0.3 is 12.0 Å². The lowest BCUT2D eigenvalue weighted by Crippen LogP contribution is -2.57. The van der Waals surface area contributed by atoms with Crippen molar-refractivity contribution in [2.45, 2.75) is 39.2 Å². The number of carboxylic acid groups (broad SMARTS) is 1. The zero-order valence-electron chi connectivity index (χ0n) is 12.4. The van der Waals surface area contributed by atoms with Crippen LogP contribution in [0.4, 0.5) is 4.79 Å². The van der Waals surface area contributed by atoms with Gasteiger partial charge in [-0.25, -0.2) is 4.79 Å². The number of nitrogens with one attached hydrogen (secondary N) is 1. The van der Waals surface area contributed by atoms with E-state index >= 15 is 0 Å². The molecular formula is C14H25N3O3. The molecule has 1 heterocycles. The Hall–Kier alpha value is -1.30. The Bertz CT molecular complexity index is 382. The van der Waals surface area contributed by atoms with E-state index in [0.29, 0.717) is 32.0 Å². The first kappa shape index (κ1) is 15.1. The van der Waals surface area contributed by atoms with Gasteiger partial charge in [-0.15, -0.1) is 0 Å². The molecule has 0 spiro atoms. The van der Waals surface area contributed by atoms with Crippen LogP contribution in [0.15, 0.2) is 0 Å². The van der Waals surface area contributed by atoms with E-state index in [-0.39, 0.29) is 12.6 Å². The van der Waals surface area contributed by atoms with Gasteiger partial charge in [-0.05, 0) is 26.3 Å². The molecule has 1 atom stereocenters. The number of piperazine rings is 1. The van der Waals surface area contributed by atoms with Crippen molar-refractivity contribution in [1.29, 1.82) is 0 Å². The monoisotopic (exact) mass is 283 g/mol. The van der Waals surface area contributed by atoms with Crippen LogP contribution in [0.5, 0.6) is 0 Å². The molecule has 1 unspecified atom stereocenters. The molecule has 0 bridgehead atoms. The predicted octanol–water partition coefficient (Wildman–Crippen LogP) is 0.977.